The van der Waals surface area contributed by atoms with Crippen molar-refractivity contribution in [2.45, 2.75) is 45.6 Å². The van der Waals surface area contributed by atoms with Crippen LogP contribution in [0.2, 0.25) is 0 Å². The Balaban J connectivity index is 3.61. The molecule has 3 heteroatoms. The van der Waals surface area contributed by atoms with Crippen LogP contribution in [0.5, 0.6) is 5.75 Å². The molecule has 1 aromatic carbocycles. The molecular weight excluding hydrogens is 238 g/mol. The molecule has 0 aliphatic heterocycles. The molecule has 1 atom stereocenters. The minimum Gasteiger partial charge on any atom is -0.496 e. The average Bonchev–Trinajstić information content (AvgIpc) is 2.35. The zero-order valence-electron chi connectivity index (χ0n) is 13.3. The van der Waals surface area contributed by atoms with Crippen LogP contribution in [0.25, 0.3) is 0 Å². The molecule has 0 bridgehead atoms. The minimum absolute atomic E-state index is 0.00929. The first-order valence-electron chi connectivity index (χ1n) is 6.64. The number of benzene rings is 1. The maximum absolute atomic E-state index is 5.90. The highest BCUT2D eigenvalue weighted by atomic mass is 16.5. The molecule has 0 fully saturated rings. The van der Waals surface area contributed by atoms with E-state index in [1.807, 2.05) is 6.92 Å². The highest BCUT2D eigenvalue weighted by Crippen LogP contribution is 2.40. The van der Waals surface area contributed by atoms with Gasteiger partial charge >= 0.3 is 0 Å². The quantitative estimate of drug-likeness (QED) is 0.909. The van der Waals surface area contributed by atoms with Gasteiger partial charge in [-0.1, -0.05) is 32.4 Å². The van der Waals surface area contributed by atoms with Gasteiger partial charge in [-0.3, -0.25) is 0 Å². The topological polar surface area (TPSA) is 44.5 Å². The molecule has 108 valence electrons. The fourth-order valence-corrected chi connectivity index (χ4v) is 2.25. The van der Waals surface area contributed by atoms with Gasteiger partial charge in [0, 0.05) is 24.8 Å². The van der Waals surface area contributed by atoms with Gasteiger partial charge in [0.05, 0.1) is 7.11 Å². The van der Waals surface area contributed by atoms with E-state index in [-0.39, 0.29) is 5.41 Å². The monoisotopic (exact) mass is 265 g/mol. The standard InChI is InChI=1S/C16H27NO2/c1-11-8-12(15(2,3)4)14(18-6)13(9-11)16(5,10-17)19-7/h8-9H,10,17H2,1-7H3. The summed E-state index contributed by atoms with van der Waals surface area (Å²) in [6.45, 7) is 11.0. The van der Waals surface area contributed by atoms with Crippen molar-refractivity contribution >= 4 is 0 Å². The summed E-state index contributed by atoms with van der Waals surface area (Å²) in [5.41, 5.74) is 8.77. The lowest BCUT2D eigenvalue weighted by atomic mass is 9.81. The average molecular weight is 265 g/mol. The van der Waals surface area contributed by atoms with E-state index in [2.05, 4.69) is 39.8 Å². The smallest absolute Gasteiger partial charge is 0.128 e. The van der Waals surface area contributed by atoms with Crippen molar-refractivity contribution in [3.05, 3.63) is 28.8 Å². The lowest BCUT2D eigenvalue weighted by Gasteiger charge is -2.32. The molecule has 0 radical (unpaired) electrons. The van der Waals surface area contributed by atoms with Crippen LogP contribution in [0, 0.1) is 6.92 Å². The van der Waals surface area contributed by atoms with Crippen LogP contribution in [0.1, 0.15) is 44.4 Å². The van der Waals surface area contributed by atoms with Gasteiger partial charge < -0.3 is 15.2 Å². The van der Waals surface area contributed by atoms with Gasteiger partial charge in [0.15, 0.2) is 0 Å². The first-order valence-corrected chi connectivity index (χ1v) is 6.64. The van der Waals surface area contributed by atoms with E-state index in [1.165, 1.54) is 11.1 Å². The van der Waals surface area contributed by atoms with Gasteiger partial charge in [0.2, 0.25) is 0 Å². The minimum atomic E-state index is -0.530. The van der Waals surface area contributed by atoms with Crippen LogP contribution in [-0.2, 0) is 15.8 Å². The summed E-state index contributed by atoms with van der Waals surface area (Å²) in [5, 5.41) is 0. The van der Waals surface area contributed by atoms with Crippen LogP contribution in [0.3, 0.4) is 0 Å². The number of rotatable bonds is 4. The predicted molar refractivity (Wildman–Crippen MR) is 79.8 cm³/mol. The van der Waals surface area contributed by atoms with Crippen LogP contribution in [0.4, 0.5) is 0 Å². The Bertz CT molecular complexity index is 443. The number of ether oxygens (including phenoxy) is 2. The van der Waals surface area contributed by atoms with Gasteiger partial charge in [0.25, 0.3) is 0 Å². The maximum atomic E-state index is 5.90. The van der Waals surface area contributed by atoms with E-state index in [1.54, 1.807) is 14.2 Å². The Morgan fingerprint density at radius 2 is 1.58 bits per heavy atom. The molecule has 1 unspecified atom stereocenters. The zero-order valence-corrected chi connectivity index (χ0v) is 13.3. The third kappa shape index (κ3) is 3.10. The number of hydrogen-bond donors (Lipinski definition) is 1. The summed E-state index contributed by atoms with van der Waals surface area (Å²) in [6.07, 6.45) is 0. The Kier molecular flexibility index (Phi) is 4.64. The van der Waals surface area contributed by atoms with Crippen LogP contribution in [-0.4, -0.2) is 20.8 Å². The molecule has 1 aromatic rings. The van der Waals surface area contributed by atoms with Crippen LogP contribution >= 0.6 is 0 Å². The van der Waals surface area contributed by atoms with Crippen LogP contribution in [0.15, 0.2) is 12.1 Å². The summed E-state index contributed by atoms with van der Waals surface area (Å²) >= 11 is 0. The molecule has 0 saturated carbocycles. The van der Waals surface area contributed by atoms with Crippen molar-refractivity contribution in [2.75, 3.05) is 20.8 Å². The van der Waals surface area contributed by atoms with Crippen molar-refractivity contribution < 1.29 is 9.47 Å². The summed E-state index contributed by atoms with van der Waals surface area (Å²) in [5.74, 6) is 0.882. The third-order valence-corrected chi connectivity index (χ3v) is 3.66. The van der Waals surface area contributed by atoms with E-state index in [4.69, 9.17) is 15.2 Å². The van der Waals surface area contributed by atoms with Crippen molar-refractivity contribution in [3.8, 4) is 5.75 Å². The van der Waals surface area contributed by atoms with Crippen molar-refractivity contribution in [2.24, 2.45) is 5.73 Å². The highest BCUT2D eigenvalue weighted by Gasteiger charge is 2.32. The fourth-order valence-electron chi connectivity index (χ4n) is 2.25. The van der Waals surface area contributed by atoms with Crippen molar-refractivity contribution in [1.82, 2.24) is 0 Å². The molecule has 19 heavy (non-hydrogen) atoms. The molecule has 3 nitrogen and oxygen atoms in total. The molecule has 0 amide bonds. The fraction of sp³-hybridized carbons (Fsp3) is 0.625. The number of hydrogen-bond acceptors (Lipinski definition) is 3. The Morgan fingerprint density at radius 1 is 1.05 bits per heavy atom. The Hall–Kier alpha value is -1.06. The number of aryl methyl sites for hydroxylation is 1. The molecule has 1 rings (SSSR count). The van der Waals surface area contributed by atoms with Crippen molar-refractivity contribution in [3.63, 3.8) is 0 Å². The van der Waals surface area contributed by atoms with E-state index < -0.39 is 5.60 Å². The molecule has 0 aliphatic rings. The molecule has 0 aromatic heterocycles. The highest BCUT2D eigenvalue weighted by molar-refractivity contribution is 5.50. The Labute approximate surface area is 117 Å². The molecule has 0 saturated heterocycles. The summed E-state index contributed by atoms with van der Waals surface area (Å²) in [7, 11) is 3.39. The largest absolute Gasteiger partial charge is 0.496 e. The van der Waals surface area contributed by atoms with E-state index in [9.17, 15) is 0 Å². The van der Waals surface area contributed by atoms with E-state index in [0.717, 1.165) is 11.3 Å². The number of nitrogens with two attached hydrogens (primary N) is 1. The first-order chi connectivity index (χ1) is 8.69. The predicted octanol–water partition coefficient (Wildman–Crippen LogP) is 3.12. The summed E-state index contributed by atoms with van der Waals surface area (Å²) < 4.78 is 11.3. The van der Waals surface area contributed by atoms with Gasteiger partial charge in [-0.25, -0.2) is 0 Å². The van der Waals surface area contributed by atoms with Gasteiger partial charge in [0.1, 0.15) is 11.4 Å². The lowest BCUT2D eigenvalue weighted by Crippen LogP contribution is -2.35. The maximum Gasteiger partial charge on any atom is 0.128 e. The lowest BCUT2D eigenvalue weighted by molar-refractivity contribution is 0.00800. The number of methoxy groups -OCH3 is 2. The molecule has 0 spiro atoms. The molecule has 0 aliphatic carbocycles. The van der Waals surface area contributed by atoms with Gasteiger partial charge in [-0.2, -0.15) is 0 Å². The second-order valence-electron chi connectivity index (χ2n) is 6.28. The SMILES string of the molecule is COc1c(C(C)(C)C)cc(C)cc1C(C)(CN)OC. The van der Waals surface area contributed by atoms with Crippen molar-refractivity contribution in [1.29, 1.82) is 0 Å². The second kappa shape index (κ2) is 5.51. The van der Waals surface area contributed by atoms with Gasteiger partial charge in [-0.15, -0.1) is 0 Å². The zero-order chi connectivity index (χ0) is 14.8. The second-order valence-corrected chi connectivity index (χ2v) is 6.28. The van der Waals surface area contributed by atoms with Gasteiger partial charge in [-0.05, 0) is 25.3 Å². The summed E-state index contributed by atoms with van der Waals surface area (Å²) in [6, 6.07) is 4.28. The first kappa shape index (κ1) is 16.0. The molecule has 2 N–H and O–H groups in total. The molecular formula is C16H27NO2. The van der Waals surface area contributed by atoms with Crippen LogP contribution < -0.4 is 10.5 Å². The third-order valence-electron chi connectivity index (χ3n) is 3.66. The summed E-state index contributed by atoms with van der Waals surface area (Å²) in [4.78, 5) is 0. The van der Waals surface area contributed by atoms with E-state index in [0.29, 0.717) is 6.54 Å². The molecule has 0 heterocycles. The van der Waals surface area contributed by atoms with E-state index >= 15 is 0 Å². The normalized spacial score (nSPS) is 15.2. The Morgan fingerprint density at radius 3 is 1.95 bits per heavy atom.